The lowest BCUT2D eigenvalue weighted by molar-refractivity contribution is -0.139. The summed E-state index contributed by atoms with van der Waals surface area (Å²) in [6, 6.07) is 0. The number of hydrogen-bond donors (Lipinski definition) is 0. The molecule has 0 N–H and O–H groups in total. The number of ether oxygens (including phenoxy) is 1. The van der Waals surface area contributed by atoms with E-state index in [-0.39, 0.29) is 0 Å². The Hall–Kier alpha value is -0.160. The van der Waals surface area contributed by atoms with Crippen LogP contribution < -0.4 is 0 Å². The average Bonchev–Trinajstić information content (AvgIpc) is 1.85. The summed E-state index contributed by atoms with van der Waals surface area (Å²) in [4.78, 5) is 10.6. The third kappa shape index (κ3) is 3.79. The largest absolute Gasteiger partial charge is 0.468 e. The summed E-state index contributed by atoms with van der Waals surface area (Å²) >= 11 is 4.80. The number of thioether (sulfide) groups is 1. The zero-order valence-corrected chi connectivity index (χ0v) is 7.22. The number of rotatable bonds is 2. The van der Waals surface area contributed by atoms with Gasteiger partial charge in [-0.3, -0.25) is 4.79 Å². The molecule has 2 nitrogen and oxygen atoms in total. The highest BCUT2D eigenvalue weighted by atomic mass is 32.2. The fraction of sp³-hybridized carbons (Fsp3) is 0.600. The summed E-state index contributed by atoms with van der Waals surface area (Å²) in [7, 11) is 1.25. The monoisotopic (exact) mass is 182 g/mol. The maximum Gasteiger partial charge on any atom is 0.318 e. The molecule has 0 heterocycles. The molecule has 0 spiro atoms. The Morgan fingerprint density at radius 2 is 2.30 bits per heavy atom. The second-order valence-electron chi connectivity index (χ2n) is 1.52. The van der Waals surface area contributed by atoms with Gasteiger partial charge in [0, 0.05) is 0 Å². The number of thiocarbonyl (C=S) groups is 1. The molecule has 0 saturated carbocycles. The van der Waals surface area contributed by atoms with Crippen molar-refractivity contribution in [3.8, 4) is 0 Å². The first-order chi connectivity index (χ1) is 4.57. The maximum absolute atomic E-state index is 11.9. The van der Waals surface area contributed by atoms with E-state index >= 15 is 0 Å². The van der Waals surface area contributed by atoms with Crippen molar-refractivity contribution in [2.45, 2.75) is 12.2 Å². The van der Waals surface area contributed by atoms with Gasteiger partial charge in [0.25, 0.3) is 0 Å². The van der Waals surface area contributed by atoms with Gasteiger partial charge in [-0.15, -0.1) is 0 Å². The number of hydrogen-bond acceptors (Lipinski definition) is 4. The van der Waals surface area contributed by atoms with E-state index in [2.05, 4.69) is 17.0 Å². The van der Waals surface area contributed by atoms with Gasteiger partial charge >= 0.3 is 5.97 Å². The smallest absolute Gasteiger partial charge is 0.318 e. The van der Waals surface area contributed by atoms with Gasteiger partial charge < -0.3 is 4.74 Å². The fourth-order valence-corrected chi connectivity index (χ4v) is 1.26. The minimum Gasteiger partial charge on any atom is -0.468 e. The highest BCUT2D eigenvalue weighted by Gasteiger charge is 2.15. The topological polar surface area (TPSA) is 26.3 Å². The van der Waals surface area contributed by atoms with E-state index < -0.39 is 15.7 Å². The first-order valence-electron chi connectivity index (χ1n) is 2.52. The van der Waals surface area contributed by atoms with E-state index in [9.17, 15) is 9.18 Å². The molecule has 0 fully saturated rings. The highest BCUT2D eigenvalue weighted by molar-refractivity contribution is 8.23. The molecule has 10 heavy (non-hydrogen) atoms. The summed E-state index contributed by atoms with van der Waals surface area (Å²) in [6.07, 6.45) is 0. The Kier molecular flexibility index (Phi) is 4.55. The zero-order chi connectivity index (χ0) is 8.15. The van der Waals surface area contributed by atoms with Gasteiger partial charge in [0.1, 0.15) is 5.25 Å². The minimum atomic E-state index is -0.738. The molecule has 0 aliphatic heterocycles. The van der Waals surface area contributed by atoms with Crippen molar-refractivity contribution < 1.29 is 13.9 Å². The Morgan fingerprint density at radius 1 is 1.80 bits per heavy atom. The predicted molar refractivity (Wildman–Crippen MR) is 42.8 cm³/mol. The number of halogens is 1. The third-order valence-corrected chi connectivity index (χ3v) is 1.82. The molecule has 0 aromatic rings. The molecule has 0 aliphatic rings. The van der Waals surface area contributed by atoms with Crippen LogP contribution in [0.4, 0.5) is 4.39 Å². The Balaban J connectivity index is 3.72. The third-order valence-electron chi connectivity index (χ3n) is 0.803. The van der Waals surface area contributed by atoms with E-state index in [4.69, 9.17) is 0 Å². The van der Waals surface area contributed by atoms with Crippen LogP contribution in [0.5, 0.6) is 0 Å². The Morgan fingerprint density at radius 3 is 2.60 bits per heavy atom. The van der Waals surface area contributed by atoms with Crippen molar-refractivity contribution in [3.05, 3.63) is 0 Å². The normalized spacial score (nSPS) is 12.3. The molecule has 1 unspecified atom stereocenters. The summed E-state index contributed by atoms with van der Waals surface area (Å²) in [5, 5.41) is -0.553. The summed E-state index contributed by atoms with van der Waals surface area (Å²) in [5.41, 5.74) is 0. The summed E-state index contributed by atoms with van der Waals surface area (Å²) in [6.45, 7) is 1.53. The van der Waals surface area contributed by atoms with Crippen LogP contribution in [0.1, 0.15) is 6.92 Å². The van der Waals surface area contributed by atoms with Crippen LogP contribution >= 0.6 is 24.0 Å². The van der Waals surface area contributed by atoms with Crippen molar-refractivity contribution in [1.82, 2.24) is 0 Å². The number of methoxy groups -OCH3 is 1. The molecule has 0 bridgehead atoms. The SMILES string of the molecule is COC(=O)C(C)SC(F)=S. The molecule has 0 radical (unpaired) electrons. The van der Waals surface area contributed by atoms with Crippen LogP contribution in [0, 0.1) is 0 Å². The van der Waals surface area contributed by atoms with Crippen LogP contribution in [0.3, 0.4) is 0 Å². The van der Waals surface area contributed by atoms with Crippen LogP contribution in [0.25, 0.3) is 0 Å². The van der Waals surface area contributed by atoms with Gasteiger partial charge in [0.2, 0.25) is 4.45 Å². The van der Waals surface area contributed by atoms with Crippen LogP contribution in [-0.4, -0.2) is 22.8 Å². The van der Waals surface area contributed by atoms with Crippen molar-refractivity contribution in [2.75, 3.05) is 7.11 Å². The molecule has 0 rings (SSSR count). The zero-order valence-electron chi connectivity index (χ0n) is 5.59. The number of esters is 1. The van der Waals surface area contributed by atoms with E-state index in [0.29, 0.717) is 11.8 Å². The summed E-state index contributed by atoms with van der Waals surface area (Å²) in [5.74, 6) is -0.468. The fourth-order valence-electron chi connectivity index (χ4n) is 0.353. The molecule has 0 amide bonds. The highest BCUT2D eigenvalue weighted by Crippen LogP contribution is 2.14. The molecule has 1 atom stereocenters. The Labute approximate surface area is 68.1 Å². The van der Waals surface area contributed by atoms with Crippen molar-refractivity contribution in [3.63, 3.8) is 0 Å². The van der Waals surface area contributed by atoms with E-state index in [0.717, 1.165) is 0 Å². The quantitative estimate of drug-likeness (QED) is 0.367. The molecular formula is C5H7FO2S2. The van der Waals surface area contributed by atoms with Gasteiger partial charge in [-0.05, 0) is 19.1 Å². The first kappa shape index (κ1) is 9.84. The molecule has 0 aromatic carbocycles. The lowest BCUT2D eigenvalue weighted by atomic mass is 10.5. The van der Waals surface area contributed by atoms with Gasteiger partial charge in [0.05, 0.1) is 7.11 Å². The predicted octanol–water partition coefficient (Wildman–Crippen LogP) is 1.54. The number of carbonyl (C=O) groups is 1. The van der Waals surface area contributed by atoms with E-state index in [1.807, 2.05) is 0 Å². The minimum absolute atomic E-state index is 0.468. The van der Waals surface area contributed by atoms with Crippen LogP contribution in [-0.2, 0) is 9.53 Å². The lowest BCUT2D eigenvalue weighted by Crippen LogP contribution is -2.15. The average molecular weight is 182 g/mol. The number of carbonyl (C=O) groups excluding carboxylic acids is 1. The molecule has 0 aliphatic carbocycles. The van der Waals surface area contributed by atoms with Gasteiger partial charge in [-0.2, -0.15) is 4.39 Å². The van der Waals surface area contributed by atoms with Gasteiger partial charge in [0.15, 0.2) is 0 Å². The van der Waals surface area contributed by atoms with Crippen LogP contribution in [0.2, 0.25) is 0 Å². The Bertz CT molecular complexity index is 149. The van der Waals surface area contributed by atoms with Gasteiger partial charge in [-0.1, -0.05) is 11.8 Å². The van der Waals surface area contributed by atoms with Crippen molar-refractivity contribution in [2.24, 2.45) is 0 Å². The van der Waals surface area contributed by atoms with Crippen molar-refractivity contribution >= 4 is 34.4 Å². The van der Waals surface area contributed by atoms with Crippen molar-refractivity contribution in [1.29, 1.82) is 0 Å². The first-order valence-corrected chi connectivity index (χ1v) is 3.80. The molecule has 0 aromatic heterocycles. The summed E-state index contributed by atoms with van der Waals surface area (Å²) < 4.78 is 15.5. The van der Waals surface area contributed by atoms with E-state index in [1.54, 1.807) is 0 Å². The van der Waals surface area contributed by atoms with Crippen LogP contribution in [0.15, 0.2) is 0 Å². The van der Waals surface area contributed by atoms with Gasteiger partial charge in [-0.25, -0.2) is 0 Å². The second-order valence-corrected chi connectivity index (χ2v) is 3.44. The standard InChI is InChI=1S/C5H7FO2S2/c1-3(4(7)8-2)10-5(6)9/h3H,1-2H3. The second kappa shape index (κ2) is 4.62. The molecule has 5 heteroatoms. The molecule has 58 valence electrons. The maximum atomic E-state index is 11.9. The molecule has 0 saturated heterocycles. The van der Waals surface area contributed by atoms with E-state index in [1.165, 1.54) is 14.0 Å². The molecular weight excluding hydrogens is 175 g/mol. The lowest BCUT2D eigenvalue weighted by Gasteiger charge is -2.03.